The van der Waals surface area contributed by atoms with E-state index in [1.807, 2.05) is 25.7 Å². The maximum absolute atomic E-state index is 12.6. The van der Waals surface area contributed by atoms with Gasteiger partial charge < -0.3 is 15.0 Å². The number of hydrogen-bond donors (Lipinski definition) is 1. The molecule has 136 valence electrons. The van der Waals surface area contributed by atoms with Crippen molar-refractivity contribution in [3.05, 3.63) is 29.3 Å². The Balaban J connectivity index is 3.01. The Kier molecular flexibility index (Phi) is 7.59. The fraction of sp³-hybridized carbons (Fsp3) is 0.650. The van der Waals surface area contributed by atoms with E-state index in [4.69, 9.17) is 4.74 Å². The zero-order valence-electron chi connectivity index (χ0n) is 16.4. The van der Waals surface area contributed by atoms with Crippen molar-refractivity contribution in [3.63, 3.8) is 0 Å². The lowest BCUT2D eigenvalue weighted by molar-refractivity contribution is 0.0173. The minimum atomic E-state index is -0.482. The van der Waals surface area contributed by atoms with Gasteiger partial charge in [0.1, 0.15) is 5.60 Å². The summed E-state index contributed by atoms with van der Waals surface area (Å²) in [5.41, 5.74) is 3.00. The van der Waals surface area contributed by atoms with Crippen LogP contribution in [0.15, 0.2) is 18.2 Å². The normalized spacial score (nSPS) is 12.6. The lowest BCUT2D eigenvalue weighted by atomic mass is 10.0. The smallest absolute Gasteiger partial charge is 0.410 e. The predicted octanol–water partition coefficient (Wildman–Crippen LogP) is 5.53. The van der Waals surface area contributed by atoms with Crippen LogP contribution in [0.25, 0.3) is 0 Å². The molecule has 1 amide bonds. The Hall–Kier alpha value is -1.71. The molecular weight excluding hydrogens is 300 g/mol. The summed E-state index contributed by atoms with van der Waals surface area (Å²) in [5.74, 6) is 0. The predicted molar refractivity (Wildman–Crippen MR) is 102 cm³/mol. The van der Waals surface area contributed by atoms with E-state index in [1.165, 1.54) is 5.56 Å². The van der Waals surface area contributed by atoms with E-state index in [0.29, 0.717) is 6.54 Å². The average molecular weight is 335 g/mol. The van der Waals surface area contributed by atoms with Gasteiger partial charge in [0.05, 0.1) is 6.04 Å². The Morgan fingerprint density at radius 1 is 1.25 bits per heavy atom. The molecule has 1 aromatic carbocycles. The van der Waals surface area contributed by atoms with Crippen molar-refractivity contribution in [2.75, 3.05) is 18.4 Å². The molecule has 0 fully saturated rings. The van der Waals surface area contributed by atoms with Gasteiger partial charge in [0.2, 0.25) is 0 Å². The summed E-state index contributed by atoms with van der Waals surface area (Å²) >= 11 is 0. The maximum Gasteiger partial charge on any atom is 0.410 e. The lowest BCUT2D eigenvalue weighted by Crippen LogP contribution is -2.38. The molecule has 0 spiro atoms. The third-order valence-corrected chi connectivity index (χ3v) is 3.87. The second-order valence-corrected chi connectivity index (χ2v) is 7.35. The highest BCUT2D eigenvalue weighted by Gasteiger charge is 2.26. The summed E-state index contributed by atoms with van der Waals surface area (Å²) in [6, 6.07) is 6.35. The number of benzene rings is 1. The fourth-order valence-corrected chi connectivity index (χ4v) is 2.53. The molecule has 4 heteroatoms. The molecule has 0 saturated carbocycles. The highest BCUT2D eigenvalue weighted by Crippen LogP contribution is 2.27. The number of rotatable bonds is 7. The molecule has 1 rings (SSSR count). The van der Waals surface area contributed by atoms with Gasteiger partial charge in [-0.2, -0.15) is 0 Å². The van der Waals surface area contributed by atoms with Gasteiger partial charge in [-0.25, -0.2) is 4.79 Å². The van der Waals surface area contributed by atoms with Crippen LogP contribution >= 0.6 is 0 Å². The van der Waals surface area contributed by atoms with Crippen molar-refractivity contribution in [1.29, 1.82) is 0 Å². The second kappa shape index (κ2) is 8.95. The van der Waals surface area contributed by atoms with Crippen LogP contribution in [0.3, 0.4) is 0 Å². The van der Waals surface area contributed by atoms with Crippen LogP contribution in [0.1, 0.15) is 71.6 Å². The van der Waals surface area contributed by atoms with Gasteiger partial charge in [0, 0.05) is 18.8 Å². The molecule has 4 nitrogen and oxygen atoms in total. The van der Waals surface area contributed by atoms with Crippen molar-refractivity contribution in [2.24, 2.45) is 0 Å². The molecule has 0 aliphatic heterocycles. The highest BCUT2D eigenvalue weighted by atomic mass is 16.6. The van der Waals surface area contributed by atoms with Crippen molar-refractivity contribution in [2.45, 2.75) is 73.0 Å². The van der Waals surface area contributed by atoms with Gasteiger partial charge in [0.25, 0.3) is 0 Å². The van der Waals surface area contributed by atoms with Gasteiger partial charge in [-0.1, -0.05) is 26.0 Å². The minimum absolute atomic E-state index is 0.0254. The largest absolute Gasteiger partial charge is 0.444 e. The van der Waals surface area contributed by atoms with E-state index in [2.05, 4.69) is 51.2 Å². The number of carbonyl (C=O) groups excluding carboxylic acids is 1. The van der Waals surface area contributed by atoms with Crippen molar-refractivity contribution < 1.29 is 9.53 Å². The van der Waals surface area contributed by atoms with E-state index < -0.39 is 5.60 Å². The van der Waals surface area contributed by atoms with E-state index >= 15 is 0 Å². The van der Waals surface area contributed by atoms with Crippen LogP contribution in [0.5, 0.6) is 0 Å². The quantitative estimate of drug-likeness (QED) is 0.713. The number of hydrogen-bond acceptors (Lipinski definition) is 3. The highest BCUT2D eigenvalue weighted by molar-refractivity contribution is 5.69. The van der Waals surface area contributed by atoms with Gasteiger partial charge in [-0.3, -0.25) is 0 Å². The van der Waals surface area contributed by atoms with Crippen molar-refractivity contribution in [1.82, 2.24) is 4.90 Å². The number of carbonyl (C=O) groups is 1. The summed E-state index contributed by atoms with van der Waals surface area (Å²) in [5, 5.41) is 3.46. The van der Waals surface area contributed by atoms with Crippen LogP contribution in [0, 0.1) is 6.92 Å². The first-order valence-corrected chi connectivity index (χ1v) is 9.03. The van der Waals surface area contributed by atoms with Gasteiger partial charge in [0.15, 0.2) is 0 Å². The molecule has 0 aliphatic rings. The van der Waals surface area contributed by atoms with Gasteiger partial charge in [-0.05, 0) is 64.7 Å². The van der Waals surface area contributed by atoms with Crippen LogP contribution in [-0.2, 0) is 4.74 Å². The molecule has 0 unspecified atom stereocenters. The maximum atomic E-state index is 12.6. The molecule has 0 radical (unpaired) electrons. The zero-order valence-corrected chi connectivity index (χ0v) is 16.4. The lowest BCUT2D eigenvalue weighted by Gasteiger charge is -2.32. The summed E-state index contributed by atoms with van der Waals surface area (Å²) in [7, 11) is 0. The molecule has 0 bridgehead atoms. The minimum Gasteiger partial charge on any atom is -0.444 e. The van der Waals surface area contributed by atoms with Crippen LogP contribution < -0.4 is 5.32 Å². The SMILES string of the molecule is CCCNc1cc([C@@H](C)N(CCC)C(=O)OC(C)(C)C)ccc1C. The molecule has 1 N–H and O–H groups in total. The summed E-state index contributed by atoms with van der Waals surface area (Å²) < 4.78 is 5.59. The first kappa shape index (κ1) is 20.3. The molecule has 0 aliphatic carbocycles. The molecule has 1 aromatic rings. The number of anilines is 1. The van der Waals surface area contributed by atoms with E-state index in [0.717, 1.165) is 30.6 Å². The van der Waals surface area contributed by atoms with E-state index in [9.17, 15) is 4.79 Å². The summed E-state index contributed by atoms with van der Waals surface area (Å²) in [6.45, 7) is 15.7. The monoisotopic (exact) mass is 334 g/mol. The van der Waals surface area contributed by atoms with Gasteiger partial charge >= 0.3 is 6.09 Å². The molecule has 0 aromatic heterocycles. The van der Waals surface area contributed by atoms with Gasteiger partial charge in [-0.15, -0.1) is 0 Å². The number of aryl methyl sites for hydroxylation is 1. The number of ether oxygens (including phenoxy) is 1. The second-order valence-electron chi connectivity index (χ2n) is 7.35. The molecule has 1 atom stereocenters. The van der Waals surface area contributed by atoms with E-state index in [1.54, 1.807) is 0 Å². The van der Waals surface area contributed by atoms with Crippen molar-refractivity contribution in [3.8, 4) is 0 Å². The summed E-state index contributed by atoms with van der Waals surface area (Å²) in [4.78, 5) is 14.4. The molecule has 0 heterocycles. The molecule has 0 saturated heterocycles. The van der Waals surface area contributed by atoms with Crippen molar-refractivity contribution >= 4 is 11.8 Å². The third-order valence-electron chi connectivity index (χ3n) is 3.87. The van der Waals surface area contributed by atoms with E-state index in [-0.39, 0.29) is 12.1 Å². The van der Waals surface area contributed by atoms with Crippen LogP contribution in [0.4, 0.5) is 10.5 Å². The Morgan fingerprint density at radius 2 is 1.92 bits per heavy atom. The van der Waals surface area contributed by atoms with Crippen LogP contribution in [0.2, 0.25) is 0 Å². The number of nitrogens with zero attached hydrogens (tertiary/aromatic N) is 1. The third kappa shape index (κ3) is 6.06. The molecular formula is C20H34N2O2. The average Bonchev–Trinajstić information content (AvgIpc) is 2.49. The standard InChI is InChI=1S/C20H34N2O2/c1-8-12-21-18-14-17(11-10-15(18)3)16(4)22(13-9-2)19(23)24-20(5,6)7/h10-11,14,16,21H,8-9,12-13H2,1-7H3/t16-/m1/s1. The van der Waals surface area contributed by atoms with Crippen LogP contribution in [-0.4, -0.2) is 29.7 Å². The first-order chi connectivity index (χ1) is 11.2. The number of nitrogens with one attached hydrogen (secondary N) is 1. The Morgan fingerprint density at radius 3 is 2.46 bits per heavy atom. The topological polar surface area (TPSA) is 41.6 Å². The Labute approximate surface area is 147 Å². The zero-order chi connectivity index (χ0) is 18.3. The summed E-state index contributed by atoms with van der Waals surface area (Å²) in [6.07, 6.45) is 1.73. The fourth-order valence-electron chi connectivity index (χ4n) is 2.53. The first-order valence-electron chi connectivity index (χ1n) is 9.03. The molecule has 24 heavy (non-hydrogen) atoms. The Bertz CT molecular complexity index is 535. The number of amides is 1.